The van der Waals surface area contributed by atoms with Gasteiger partial charge in [0.15, 0.2) is 16.8 Å². The lowest BCUT2D eigenvalue weighted by atomic mass is 10.1. The Morgan fingerprint density at radius 2 is 2.11 bits per heavy atom. The molecule has 5 rings (SSSR count). The van der Waals surface area contributed by atoms with E-state index in [1.807, 2.05) is 47.1 Å². The third-order valence-electron chi connectivity index (χ3n) is 5.91. The number of hydrogen-bond acceptors (Lipinski definition) is 7. The molecule has 3 heterocycles. The summed E-state index contributed by atoms with van der Waals surface area (Å²) < 4.78 is 29.9. The highest BCUT2D eigenvalue weighted by Gasteiger charge is 2.21. The Bertz CT molecular complexity index is 1430. The fourth-order valence-corrected chi connectivity index (χ4v) is 6.37. The Morgan fingerprint density at radius 1 is 1.27 bits per heavy atom. The van der Waals surface area contributed by atoms with Crippen LogP contribution in [0.2, 0.25) is 4.34 Å². The van der Waals surface area contributed by atoms with Crippen LogP contribution in [0.5, 0.6) is 5.75 Å². The van der Waals surface area contributed by atoms with Crippen molar-refractivity contribution in [3.63, 3.8) is 0 Å². The molecule has 1 fully saturated rings. The molecule has 1 amide bonds. The lowest BCUT2D eigenvalue weighted by Gasteiger charge is -2.22. The van der Waals surface area contributed by atoms with Crippen LogP contribution in [0, 0.1) is 0 Å². The first kappa shape index (κ1) is 25.7. The van der Waals surface area contributed by atoms with Gasteiger partial charge in [0.05, 0.1) is 42.1 Å². The van der Waals surface area contributed by atoms with Crippen LogP contribution in [0.4, 0.5) is 5.82 Å². The summed E-state index contributed by atoms with van der Waals surface area (Å²) in [6.07, 6.45) is 0. The number of halogens is 1. The number of anilines is 1. The number of nitrogens with one attached hydrogen (secondary N) is 3. The summed E-state index contributed by atoms with van der Waals surface area (Å²) in [5.41, 5.74) is 2.83. The summed E-state index contributed by atoms with van der Waals surface area (Å²) in [6.45, 7) is 2.55. The molecule has 9 nitrogen and oxygen atoms in total. The first-order chi connectivity index (χ1) is 18.0. The van der Waals surface area contributed by atoms with E-state index in [0.717, 1.165) is 22.0 Å². The Morgan fingerprint density at radius 3 is 2.86 bits per heavy atom. The number of thiophene rings is 1. The smallest absolute Gasteiger partial charge is 0.239 e. The Kier molecular flexibility index (Phi) is 8.06. The number of methoxy groups -OCH3 is 1. The molecule has 12 heteroatoms. The number of ether oxygens (including phenoxy) is 2. The third-order valence-corrected chi connectivity index (χ3v) is 8.52. The van der Waals surface area contributed by atoms with Crippen molar-refractivity contribution in [1.82, 2.24) is 20.4 Å². The summed E-state index contributed by atoms with van der Waals surface area (Å²) >= 11 is 7.27. The normalized spacial score (nSPS) is 16.4. The third kappa shape index (κ3) is 5.97. The van der Waals surface area contributed by atoms with Crippen LogP contribution in [-0.4, -0.2) is 52.8 Å². The van der Waals surface area contributed by atoms with Crippen LogP contribution in [0.15, 0.2) is 58.8 Å². The van der Waals surface area contributed by atoms with Gasteiger partial charge in [-0.2, -0.15) is 5.10 Å². The van der Waals surface area contributed by atoms with Gasteiger partial charge < -0.3 is 20.1 Å². The van der Waals surface area contributed by atoms with Gasteiger partial charge in [0, 0.05) is 13.1 Å². The van der Waals surface area contributed by atoms with Crippen molar-refractivity contribution in [3.05, 3.63) is 70.1 Å². The summed E-state index contributed by atoms with van der Waals surface area (Å²) in [5, 5.41) is 11.6. The Hall–Kier alpha value is -2.96. The summed E-state index contributed by atoms with van der Waals surface area (Å²) in [4.78, 5) is 12.4. The summed E-state index contributed by atoms with van der Waals surface area (Å²) in [6, 6.07) is 16.8. The van der Waals surface area contributed by atoms with Crippen LogP contribution in [-0.2, 0) is 33.6 Å². The van der Waals surface area contributed by atoms with Gasteiger partial charge in [-0.1, -0.05) is 41.9 Å². The number of benzene rings is 2. The van der Waals surface area contributed by atoms with Crippen molar-refractivity contribution < 1.29 is 18.5 Å². The molecule has 1 saturated heterocycles. The quantitative estimate of drug-likeness (QED) is 0.290. The SMILES string of the molecule is COc1cccc2c1c(NS(=O)c1ccc(Cl)s1)nn2Cc1cccc(CNC(=O)C2COCCN2)c1. The van der Waals surface area contributed by atoms with Gasteiger partial charge in [0.1, 0.15) is 16.0 Å². The topological polar surface area (TPSA) is 107 Å². The zero-order chi connectivity index (χ0) is 25.8. The van der Waals surface area contributed by atoms with E-state index in [2.05, 4.69) is 15.4 Å². The van der Waals surface area contributed by atoms with E-state index >= 15 is 0 Å². The summed E-state index contributed by atoms with van der Waals surface area (Å²) in [5.74, 6) is 1.01. The minimum absolute atomic E-state index is 0.0778. The molecule has 4 aromatic rings. The van der Waals surface area contributed by atoms with Gasteiger partial charge in [0.2, 0.25) is 5.91 Å². The average molecular weight is 560 g/mol. The maximum absolute atomic E-state index is 12.9. The molecule has 0 saturated carbocycles. The lowest BCUT2D eigenvalue weighted by Crippen LogP contribution is -2.51. The number of amides is 1. The highest BCUT2D eigenvalue weighted by atomic mass is 35.5. The van der Waals surface area contributed by atoms with E-state index in [4.69, 9.17) is 26.2 Å². The van der Waals surface area contributed by atoms with Gasteiger partial charge in [-0.25, -0.2) is 4.21 Å². The monoisotopic (exact) mass is 559 g/mol. The van der Waals surface area contributed by atoms with Crippen LogP contribution in [0.3, 0.4) is 0 Å². The molecule has 194 valence electrons. The number of carbonyl (C=O) groups is 1. The number of aromatic nitrogens is 2. The van der Waals surface area contributed by atoms with Crippen molar-refractivity contribution >= 4 is 56.6 Å². The second-order valence-electron chi connectivity index (χ2n) is 8.41. The number of hydrogen-bond donors (Lipinski definition) is 3. The first-order valence-corrected chi connectivity index (χ1v) is 14.0. The van der Waals surface area contributed by atoms with Gasteiger partial charge in [-0.3, -0.25) is 14.2 Å². The minimum atomic E-state index is -1.53. The molecule has 1 aliphatic heterocycles. The fraction of sp³-hybridized carbons (Fsp3) is 0.280. The first-order valence-electron chi connectivity index (χ1n) is 11.7. The fourth-order valence-electron chi connectivity index (χ4n) is 4.15. The van der Waals surface area contributed by atoms with Crippen molar-refractivity contribution in [2.24, 2.45) is 0 Å². The average Bonchev–Trinajstić information content (AvgIpc) is 3.51. The van der Waals surface area contributed by atoms with Crippen molar-refractivity contribution in [3.8, 4) is 5.75 Å². The zero-order valence-electron chi connectivity index (χ0n) is 20.0. The van der Waals surface area contributed by atoms with Crippen LogP contribution in [0.25, 0.3) is 10.9 Å². The maximum Gasteiger partial charge on any atom is 0.239 e. The van der Waals surface area contributed by atoms with Crippen LogP contribution in [0.1, 0.15) is 11.1 Å². The molecule has 0 aliphatic carbocycles. The predicted octanol–water partition coefficient (Wildman–Crippen LogP) is 3.55. The number of morpholine rings is 1. The predicted molar refractivity (Wildman–Crippen MR) is 146 cm³/mol. The van der Waals surface area contributed by atoms with E-state index in [9.17, 15) is 9.00 Å². The van der Waals surface area contributed by atoms with E-state index in [0.29, 0.717) is 53.0 Å². The Balaban J connectivity index is 1.36. The van der Waals surface area contributed by atoms with Crippen LogP contribution < -0.4 is 20.1 Å². The lowest BCUT2D eigenvalue weighted by molar-refractivity contribution is -0.126. The van der Waals surface area contributed by atoms with Gasteiger partial charge in [-0.05, 0) is 35.4 Å². The molecular formula is C25H26ClN5O4S2. The zero-order valence-corrected chi connectivity index (χ0v) is 22.4. The van der Waals surface area contributed by atoms with Gasteiger partial charge in [-0.15, -0.1) is 11.3 Å². The van der Waals surface area contributed by atoms with Crippen molar-refractivity contribution in [2.75, 3.05) is 31.6 Å². The number of nitrogens with zero attached hydrogens (tertiary/aromatic N) is 2. The van der Waals surface area contributed by atoms with E-state index in [-0.39, 0.29) is 11.9 Å². The molecule has 2 aromatic carbocycles. The highest BCUT2D eigenvalue weighted by molar-refractivity contribution is 7.88. The number of fused-ring (bicyclic) bond motifs is 1. The molecule has 0 radical (unpaired) electrons. The molecular weight excluding hydrogens is 534 g/mol. The number of rotatable bonds is 9. The second kappa shape index (κ2) is 11.6. The largest absolute Gasteiger partial charge is 0.496 e. The molecule has 2 atom stereocenters. The standard InChI is InChI=1S/C25H26ClN5O4S2/c1-34-20-7-3-6-19-23(20)24(30-37(33)22-9-8-21(26)36-22)29-31(19)14-17-5-2-4-16(12-17)13-28-25(32)18-15-35-11-10-27-18/h2-9,12,18,27H,10-11,13-15H2,1H3,(H,28,32)(H,29,30). The van der Waals surface area contributed by atoms with E-state index < -0.39 is 11.0 Å². The van der Waals surface area contributed by atoms with E-state index in [1.165, 1.54) is 11.3 Å². The van der Waals surface area contributed by atoms with Crippen molar-refractivity contribution in [1.29, 1.82) is 0 Å². The molecule has 0 spiro atoms. The number of carbonyl (C=O) groups excluding carboxylic acids is 1. The molecule has 1 aliphatic rings. The highest BCUT2D eigenvalue weighted by Crippen LogP contribution is 2.34. The molecule has 2 aromatic heterocycles. The Labute approximate surface area is 225 Å². The second-order valence-corrected chi connectivity index (χ2v) is 11.6. The maximum atomic E-state index is 12.9. The van der Waals surface area contributed by atoms with Gasteiger partial charge in [0.25, 0.3) is 0 Å². The van der Waals surface area contributed by atoms with Crippen molar-refractivity contribution in [2.45, 2.75) is 23.3 Å². The van der Waals surface area contributed by atoms with E-state index in [1.54, 1.807) is 19.2 Å². The minimum Gasteiger partial charge on any atom is -0.496 e. The van der Waals surface area contributed by atoms with Crippen LogP contribution >= 0.6 is 22.9 Å². The van der Waals surface area contributed by atoms with Gasteiger partial charge >= 0.3 is 0 Å². The summed E-state index contributed by atoms with van der Waals surface area (Å²) in [7, 11) is 0.0680. The molecule has 3 N–H and O–H groups in total. The molecule has 2 unspecified atom stereocenters. The molecule has 0 bridgehead atoms. The molecule has 37 heavy (non-hydrogen) atoms.